The van der Waals surface area contributed by atoms with Crippen molar-refractivity contribution in [2.24, 2.45) is 11.7 Å². The van der Waals surface area contributed by atoms with Crippen molar-refractivity contribution in [1.82, 2.24) is 0 Å². The Morgan fingerprint density at radius 1 is 1.33 bits per heavy atom. The summed E-state index contributed by atoms with van der Waals surface area (Å²) in [6.07, 6.45) is -2.90. The van der Waals surface area contributed by atoms with Crippen molar-refractivity contribution in [3.63, 3.8) is 0 Å². The summed E-state index contributed by atoms with van der Waals surface area (Å²) >= 11 is 0. The summed E-state index contributed by atoms with van der Waals surface area (Å²) < 4.78 is 34.8. The largest absolute Gasteiger partial charge is 0.403 e. The molecule has 0 spiro atoms. The summed E-state index contributed by atoms with van der Waals surface area (Å²) in [7, 11) is 0. The first-order valence-corrected chi connectivity index (χ1v) is 2.84. The van der Waals surface area contributed by atoms with Crippen LogP contribution in [0.5, 0.6) is 0 Å². The van der Waals surface area contributed by atoms with Gasteiger partial charge in [-0.3, -0.25) is 0 Å². The van der Waals surface area contributed by atoms with Gasteiger partial charge in [0.05, 0.1) is 0 Å². The highest BCUT2D eigenvalue weighted by molar-refractivity contribution is 4.88. The maximum absolute atomic E-state index is 11.6. The molecule has 0 saturated heterocycles. The highest BCUT2D eigenvalue weighted by Crippen LogP contribution is 2.38. The maximum atomic E-state index is 11.6. The van der Waals surface area contributed by atoms with Crippen LogP contribution in [0, 0.1) is 5.92 Å². The lowest BCUT2D eigenvalue weighted by Crippen LogP contribution is -2.38. The van der Waals surface area contributed by atoms with E-state index in [1.54, 1.807) is 0 Å². The van der Waals surface area contributed by atoms with E-state index in [0.717, 1.165) is 0 Å². The lowest BCUT2D eigenvalue weighted by Gasteiger charge is -2.13. The molecule has 1 aliphatic carbocycles. The van der Waals surface area contributed by atoms with Crippen molar-refractivity contribution >= 4 is 0 Å². The van der Waals surface area contributed by atoms with Crippen LogP contribution in [0.3, 0.4) is 0 Å². The van der Waals surface area contributed by atoms with Crippen LogP contribution < -0.4 is 5.73 Å². The zero-order valence-corrected chi connectivity index (χ0v) is 4.78. The topological polar surface area (TPSA) is 26.0 Å². The third-order valence-corrected chi connectivity index (χ3v) is 1.51. The molecule has 0 aromatic rings. The van der Waals surface area contributed by atoms with Crippen LogP contribution in [0.15, 0.2) is 0 Å². The van der Waals surface area contributed by atoms with Gasteiger partial charge in [-0.2, -0.15) is 13.2 Å². The average Bonchev–Trinajstić information content (AvgIpc) is 2.40. The molecule has 1 unspecified atom stereocenters. The van der Waals surface area contributed by atoms with E-state index < -0.39 is 12.2 Å². The molecule has 9 heavy (non-hydrogen) atoms. The second-order valence-corrected chi connectivity index (χ2v) is 2.40. The molecular weight excluding hydrogens is 131 g/mol. The third kappa shape index (κ3) is 1.58. The van der Waals surface area contributed by atoms with Crippen molar-refractivity contribution in [2.75, 3.05) is 0 Å². The third-order valence-electron chi connectivity index (χ3n) is 1.51. The molecular formula is C5H8F3N. The lowest BCUT2D eigenvalue weighted by molar-refractivity contribution is -0.151. The van der Waals surface area contributed by atoms with Gasteiger partial charge < -0.3 is 5.73 Å². The zero-order valence-electron chi connectivity index (χ0n) is 4.78. The Morgan fingerprint density at radius 3 is 1.89 bits per heavy atom. The van der Waals surface area contributed by atoms with Crippen LogP contribution in [-0.2, 0) is 0 Å². The van der Waals surface area contributed by atoms with Crippen LogP contribution in [0.25, 0.3) is 0 Å². The fourth-order valence-corrected chi connectivity index (χ4v) is 0.723. The van der Waals surface area contributed by atoms with Gasteiger partial charge in [0.1, 0.15) is 6.04 Å². The van der Waals surface area contributed by atoms with Gasteiger partial charge >= 0.3 is 6.18 Å². The van der Waals surface area contributed by atoms with Crippen LogP contribution in [0.1, 0.15) is 12.8 Å². The van der Waals surface area contributed by atoms with Gasteiger partial charge in [-0.05, 0) is 18.8 Å². The van der Waals surface area contributed by atoms with Gasteiger partial charge in [0.25, 0.3) is 0 Å². The van der Waals surface area contributed by atoms with E-state index in [9.17, 15) is 13.2 Å². The molecule has 1 saturated carbocycles. The molecule has 54 valence electrons. The molecule has 1 rings (SSSR count). The van der Waals surface area contributed by atoms with E-state index in [0.29, 0.717) is 12.8 Å². The molecule has 0 bridgehead atoms. The van der Waals surface area contributed by atoms with Crippen molar-refractivity contribution in [3.8, 4) is 0 Å². The van der Waals surface area contributed by atoms with Gasteiger partial charge in [-0.25, -0.2) is 0 Å². The quantitative estimate of drug-likeness (QED) is 0.582. The Balaban J connectivity index is 2.40. The Kier molecular flexibility index (Phi) is 1.42. The minimum absolute atomic E-state index is 0.287. The van der Waals surface area contributed by atoms with E-state index in [4.69, 9.17) is 5.73 Å². The van der Waals surface area contributed by atoms with E-state index in [-0.39, 0.29) is 5.92 Å². The highest BCUT2D eigenvalue weighted by Gasteiger charge is 2.46. The van der Waals surface area contributed by atoms with E-state index >= 15 is 0 Å². The van der Waals surface area contributed by atoms with Crippen molar-refractivity contribution in [1.29, 1.82) is 0 Å². The second-order valence-electron chi connectivity index (χ2n) is 2.40. The molecule has 0 aliphatic heterocycles. The molecule has 0 heterocycles. The van der Waals surface area contributed by atoms with Gasteiger partial charge in [0.2, 0.25) is 0 Å². The molecule has 1 fully saturated rings. The fraction of sp³-hybridized carbons (Fsp3) is 1.00. The normalized spacial score (nSPS) is 24.0. The van der Waals surface area contributed by atoms with Crippen molar-refractivity contribution in [2.45, 2.75) is 25.1 Å². The molecule has 1 aliphatic rings. The number of hydrogen-bond donors (Lipinski definition) is 1. The highest BCUT2D eigenvalue weighted by atomic mass is 19.4. The molecule has 0 radical (unpaired) electrons. The zero-order chi connectivity index (χ0) is 7.07. The number of rotatable bonds is 1. The predicted molar refractivity (Wildman–Crippen MR) is 26.8 cm³/mol. The minimum Gasteiger partial charge on any atom is -0.320 e. The number of alkyl halides is 3. The van der Waals surface area contributed by atoms with Gasteiger partial charge in [-0.1, -0.05) is 0 Å². The fourth-order valence-electron chi connectivity index (χ4n) is 0.723. The summed E-state index contributed by atoms with van der Waals surface area (Å²) in [5.74, 6) is -0.287. The smallest absolute Gasteiger partial charge is 0.320 e. The van der Waals surface area contributed by atoms with Gasteiger partial charge in [-0.15, -0.1) is 0 Å². The average molecular weight is 139 g/mol. The molecule has 4 heteroatoms. The number of hydrogen-bond acceptors (Lipinski definition) is 1. The van der Waals surface area contributed by atoms with E-state index in [1.807, 2.05) is 0 Å². The van der Waals surface area contributed by atoms with Crippen LogP contribution in [0.2, 0.25) is 0 Å². The second kappa shape index (κ2) is 1.87. The van der Waals surface area contributed by atoms with Gasteiger partial charge in [0.15, 0.2) is 0 Å². The summed E-state index contributed by atoms with van der Waals surface area (Å²) in [6, 6.07) is -1.57. The summed E-state index contributed by atoms with van der Waals surface area (Å²) in [5.41, 5.74) is 4.83. The van der Waals surface area contributed by atoms with Crippen LogP contribution >= 0.6 is 0 Å². The molecule has 2 N–H and O–H groups in total. The summed E-state index contributed by atoms with van der Waals surface area (Å²) in [4.78, 5) is 0. The SMILES string of the molecule is NC(C1CC1)C(F)(F)F. The lowest BCUT2D eigenvalue weighted by atomic mass is 10.2. The molecule has 0 aromatic carbocycles. The predicted octanol–water partition coefficient (Wildman–Crippen LogP) is 1.29. The Bertz CT molecular complexity index is 105. The number of nitrogens with two attached hydrogens (primary N) is 1. The van der Waals surface area contributed by atoms with Crippen LogP contribution in [-0.4, -0.2) is 12.2 Å². The molecule has 1 nitrogen and oxygen atoms in total. The maximum Gasteiger partial charge on any atom is 0.403 e. The van der Waals surface area contributed by atoms with Crippen molar-refractivity contribution in [3.05, 3.63) is 0 Å². The number of halogens is 3. The molecule has 0 amide bonds. The Labute approximate surface area is 51.0 Å². The molecule has 0 aromatic heterocycles. The van der Waals surface area contributed by atoms with E-state index in [2.05, 4.69) is 0 Å². The Morgan fingerprint density at radius 2 is 1.78 bits per heavy atom. The monoisotopic (exact) mass is 139 g/mol. The minimum atomic E-state index is -4.18. The standard InChI is InChI=1S/C5H8F3N/c6-5(7,8)4(9)3-1-2-3/h3-4H,1-2,9H2. The first-order valence-electron chi connectivity index (χ1n) is 2.84. The summed E-state index contributed by atoms with van der Waals surface area (Å²) in [6.45, 7) is 0. The summed E-state index contributed by atoms with van der Waals surface area (Å²) in [5, 5.41) is 0. The first kappa shape index (κ1) is 6.86. The van der Waals surface area contributed by atoms with E-state index in [1.165, 1.54) is 0 Å². The van der Waals surface area contributed by atoms with Crippen molar-refractivity contribution < 1.29 is 13.2 Å². The van der Waals surface area contributed by atoms with Crippen LogP contribution in [0.4, 0.5) is 13.2 Å². The van der Waals surface area contributed by atoms with Gasteiger partial charge in [0, 0.05) is 0 Å². The molecule has 1 atom stereocenters. The first-order chi connectivity index (χ1) is 4.02. The Hall–Kier alpha value is -0.250.